The number of carbonyl (C=O) groups excluding carboxylic acids is 2. The highest BCUT2D eigenvalue weighted by molar-refractivity contribution is 5.96. The molecule has 1 aliphatic heterocycles. The van der Waals surface area contributed by atoms with Crippen LogP contribution in [-0.4, -0.2) is 11.8 Å². The SMILES string of the molecule is N#CCC(=O)Nc1ccc2c(c1)CCC(=O)N2. The predicted octanol–water partition coefficient (Wildman–Crippen LogP) is 1.42. The van der Waals surface area contributed by atoms with Gasteiger partial charge in [0.25, 0.3) is 0 Å². The van der Waals surface area contributed by atoms with Crippen molar-refractivity contribution in [3.05, 3.63) is 23.8 Å². The number of carbonyl (C=O) groups is 2. The fourth-order valence-corrected chi connectivity index (χ4v) is 1.74. The van der Waals surface area contributed by atoms with E-state index in [9.17, 15) is 9.59 Å². The Kier molecular flexibility index (Phi) is 3.06. The van der Waals surface area contributed by atoms with Gasteiger partial charge in [0, 0.05) is 17.8 Å². The van der Waals surface area contributed by atoms with Gasteiger partial charge in [-0.1, -0.05) is 0 Å². The second-order valence-corrected chi connectivity index (χ2v) is 3.80. The molecule has 0 saturated carbocycles. The van der Waals surface area contributed by atoms with Crippen LogP contribution in [0.1, 0.15) is 18.4 Å². The predicted molar refractivity (Wildman–Crippen MR) is 62.3 cm³/mol. The van der Waals surface area contributed by atoms with Crippen LogP contribution in [0.25, 0.3) is 0 Å². The van der Waals surface area contributed by atoms with E-state index in [0.29, 0.717) is 18.5 Å². The lowest BCUT2D eigenvalue weighted by Gasteiger charge is -2.17. The van der Waals surface area contributed by atoms with Gasteiger partial charge in [-0.15, -0.1) is 0 Å². The van der Waals surface area contributed by atoms with Gasteiger partial charge < -0.3 is 10.6 Å². The summed E-state index contributed by atoms with van der Waals surface area (Å²) in [7, 11) is 0. The Balaban J connectivity index is 2.14. The number of nitrogens with zero attached hydrogens (tertiary/aromatic N) is 1. The summed E-state index contributed by atoms with van der Waals surface area (Å²) in [5, 5.41) is 13.8. The molecule has 2 rings (SSSR count). The van der Waals surface area contributed by atoms with E-state index in [-0.39, 0.29) is 18.2 Å². The van der Waals surface area contributed by atoms with Crippen molar-refractivity contribution in [2.45, 2.75) is 19.3 Å². The number of rotatable bonds is 2. The number of fused-ring (bicyclic) bond motifs is 1. The van der Waals surface area contributed by atoms with Crippen molar-refractivity contribution in [1.82, 2.24) is 0 Å². The molecule has 0 fully saturated rings. The first-order chi connectivity index (χ1) is 8.19. The van der Waals surface area contributed by atoms with Crippen LogP contribution in [0.5, 0.6) is 0 Å². The topological polar surface area (TPSA) is 82.0 Å². The van der Waals surface area contributed by atoms with E-state index in [4.69, 9.17) is 5.26 Å². The summed E-state index contributed by atoms with van der Waals surface area (Å²) in [6, 6.07) is 7.08. The maximum Gasteiger partial charge on any atom is 0.238 e. The quantitative estimate of drug-likeness (QED) is 0.804. The summed E-state index contributed by atoms with van der Waals surface area (Å²) in [5.74, 6) is -0.314. The minimum Gasteiger partial charge on any atom is -0.326 e. The number of amides is 2. The molecule has 1 aromatic rings. The largest absolute Gasteiger partial charge is 0.326 e. The first-order valence-electron chi connectivity index (χ1n) is 5.28. The second-order valence-electron chi connectivity index (χ2n) is 3.80. The summed E-state index contributed by atoms with van der Waals surface area (Å²) < 4.78 is 0. The monoisotopic (exact) mass is 229 g/mol. The maximum absolute atomic E-state index is 11.2. The summed E-state index contributed by atoms with van der Waals surface area (Å²) in [4.78, 5) is 22.4. The molecular weight excluding hydrogens is 218 g/mol. The van der Waals surface area contributed by atoms with Crippen molar-refractivity contribution in [3.8, 4) is 6.07 Å². The van der Waals surface area contributed by atoms with Gasteiger partial charge in [-0.3, -0.25) is 9.59 Å². The molecule has 0 aliphatic carbocycles. The number of anilines is 2. The zero-order valence-corrected chi connectivity index (χ0v) is 9.12. The highest BCUT2D eigenvalue weighted by atomic mass is 16.2. The first-order valence-corrected chi connectivity index (χ1v) is 5.28. The Hall–Kier alpha value is -2.35. The number of nitriles is 1. The molecule has 1 heterocycles. The fourth-order valence-electron chi connectivity index (χ4n) is 1.74. The molecule has 0 atom stereocenters. The Morgan fingerprint density at radius 1 is 1.47 bits per heavy atom. The van der Waals surface area contributed by atoms with Crippen LogP contribution in [0.2, 0.25) is 0 Å². The molecule has 5 heteroatoms. The van der Waals surface area contributed by atoms with Gasteiger partial charge in [0.2, 0.25) is 11.8 Å². The lowest BCUT2D eigenvalue weighted by atomic mass is 10.0. The van der Waals surface area contributed by atoms with Crippen molar-refractivity contribution >= 4 is 23.2 Å². The molecule has 1 aromatic carbocycles. The van der Waals surface area contributed by atoms with Crippen LogP contribution in [0.3, 0.4) is 0 Å². The molecule has 0 unspecified atom stereocenters. The molecule has 0 bridgehead atoms. The molecule has 17 heavy (non-hydrogen) atoms. The number of hydrogen-bond acceptors (Lipinski definition) is 3. The van der Waals surface area contributed by atoms with Gasteiger partial charge in [0.1, 0.15) is 6.42 Å². The van der Waals surface area contributed by atoms with E-state index in [2.05, 4.69) is 10.6 Å². The van der Waals surface area contributed by atoms with Gasteiger partial charge in [0.15, 0.2) is 0 Å². The van der Waals surface area contributed by atoms with E-state index in [1.165, 1.54) is 0 Å². The lowest BCUT2D eigenvalue weighted by molar-refractivity contribution is -0.116. The Labute approximate surface area is 98.4 Å². The van der Waals surface area contributed by atoms with Crippen LogP contribution < -0.4 is 10.6 Å². The third-order valence-electron chi connectivity index (χ3n) is 2.52. The van der Waals surface area contributed by atoms with E-state index in [1.54, 1.807) is 18.2 Å². The molecule has 0 radical (unpaired) electrons. The van der Waals surface area contributed by atoms with Crippen LogP contribution in [0.15, 0.2) is 18.2 Å². The van der Waals surface area contributed by atoms with Crippen LogP contribution in [0.4, 0.5) is 11.4 Å². The van der Waals surface area contributed by atoms with Crippen molar-refractivity contribution in [3.63, 3.8) is 0 Å². The number of aryl methyl sites for hydroxylation is 1. The normalized spacial score (nSPS) is 13.2. The van der Waals surface area contributed by atoms with E-state index < -0.39 is 0 Å². The summed E-state index contributed by atoms with van der Waals surface area (Å²) in [5.41, 5.74) is 2.44. The number of benzene rings is 1. The van der Waals surface area contributed by atoms with Crippen molar-refractivity contribution < 1.29 is 9.59 Å². The fraction of sp³-hybridized carbons (Fsp3) is 0.250. The van der Waals surface area contributed by atoms with E-state index >= 15 is 0 Å². The second kappa shape index (κ2) is 4.66. The third kappa shape index (κ3) is 2.61. The molecule has 0 spiro atoms. The van der Waals surface area contributed by atoms with Crippen LogP contribution >= 0.6 is 0 Å². The highest BCUT2D eigenvalue weighted by Crippen LogP contribution is 2.25. The average Bonchev–Trinajstić information content (AvgIpc) is 2.29. The summed E-state index contributed by atoms with van der Waals surface area (Å²) in [6.45, 7) is 0. The van der Waals surface area contributed by atoms with Gasteiger partial charge in [0.05, 0.1) is 6.07 Å². The minimum atomic E-state index is -0.327. The number of hydrogen-bond donors (Lipinski definition) is 2. The molecule has 0 aromatic heterocycles. The summed E-state index contributed by atoms with van der Waals surface area (Å²) >= 11 is 0. The van der Waals surface area contributed by atoms with Gasteiger partial charge >= 0.3 is 0 Å². The molecule has 0 saturated heterocycles. The first kappa shape index (κ1) is 11.1. The van der Waals surface area contributed by atoms with Crippen LogP contribution in [-0.2, 0) is 16.0 Å². The van der Waals surface area contributed by atoms with Gasteiger partial charge in [-0.25, -0.2) is 0 Å². The molecule has 2 amide bonds. The molecular formula is C12H11N3O2. The zero-order valence-electron chi connectivity index (χ0n) is 9.12. The average molecular weight is 229 g/mol. The highest BCUT2D eigenvalue weighted by Gasteiger charge is 2.15. The maximum atomic E-state index is 11.2. The Morgan fingerprint density at radius 2 is 2.29 bits per heavy atom. The smallest absolute Gasteiger partial charge is 0.238 e. The minimum absolute atomic E-state index is 0.0127. The van der Waals surface area contributed by atoms with E-state index in [1.807, 2.05) is 6.07 Å². The standard InChI is InChI=1S/C12H11N3O2/c13-6-5-12(17)14-9-2-3-10-8(7-9)1-4-11(16)15-10/h2-3,7H,1,4-5H2,(H,14,17)(H,15,16). The van der Waals surface area contributed by atoms with Gasteiger partial charge in [-0.2, -0.15) is 5.26 Å². The molecule has 1 aliphatic rings. The number of nitrogens with one attached hydrogen (secondary N) is 2. The lowest BCUT2D eigenvalue weighted by Crippen LogP contribution is -2.19. The molecule has 5 nitrogen and oxygen atoms in total. The van der Waals surface area contributed by atoms with Crippen molar-refractivity contribution in [2.24, 2.45) is 0 Å². The Morgan fingerprint density at radius 3 is 3.06 bits per heavy atom. The molecule has 2 N–H and O–H groups in total. The van der Waals surface area contributed by atoms with Gasteiger partial charge in [-0.05, 0) is 30.2 Å². The van der Waals surface area contributed by atoms with Crippen molar-refractivity contribution in [1.29, 1.82) is 5.26 Å². The molecule has 86 valence electrons. The van der Waals surface area contributed by atoms with E-state index in [0.717, 1.165) is 11.3 Å². The Bertz CT molecular complexity index is 517. The summed E-state index contributed by atoms with van der Waals surface area (Å²) in [6.07, 6.45) is 0.972. The third-order valence-corrected chi connectivity index (χ3v) is 2.52. The van der Waals surface area contributed by atoms with Crippen molar-refractivity contribution in [2.75, 3.05) is 10.6 Å². The zero-order chi connectivity index (χ0) is 12.3. The van der Waals surface area contributed by atoms with Crippen LogP contribution in [0, 0.1) is 11.3 Å².